The van der Waals surface area contributed by atoms with Crippen molar-refractivity contribution in [3.63, 3.8) is 0 Å². The van der Waals surface area contributed by atoms with Crippen molar-refractivity contribution in [2.24, 2.45) is 0 Å². The number of aryl methyl sites for hydroxylation is 2. The molecule has 0 saturated heterocycles. The second-order valence-electron chi connectivity index (χ2n) is 4.06. The minimum absolute atomic E-state index is 0.752. The maximum Gasteiger partial charge on any atom is 0.140 e. The molecule has 0 aromatic heterocycles. The number of halogens is 1. The molecule has 2 nitrogen and oxygen atoms in total. The van der Waals surface area contributed by atoms with Gasteiger partial charge < -0.3 is 10.5 Å². The Labute approximate surface area is 115 Å². The van der Waals surface area contributed by atoms with Crippen LogP contribution in [0.2, 0.25) is 0 Å². The van der Waals surface area contributed by atoms with Crippen LogP contribution in [0.3, 0.4) is 0 Å². The van der Waals surface area contributed by atoms with Crippen molar-refractivity contribution in [3.05, 3.63) is 51.1 Å². The zero-order valence-electron chi connectivity index (χ0n) is 9.83. The molecule has 2 rings (SSSR count). The van der Waals surface area contributed by atoms with Gasteiger partial charge in [-0.15, -0.1) is 0 Å². The first-order valence-electron chi connectivity index (χ1n) is 5.36. The molecule has 17 heavy (non-hydrogen) atoms. The summed E-state index contributed by atoms with van der Waals surface area (Å²) in [5.41, 5.74) is 8.84. The summed E-state index contributed by atoms with van der Waals surface area (Å²) in [4.78, 5) is 0. The van der Waals surface area contributed by atoms with Gasteiger partial charge in [0.05, 0.1) is 3.57 Å². The van der Waals surface area contributed by atoms with Gasteiger partial charge in [0, 0.05) is 5.69 Å². The molecule has 2 aromatic rings. The third kappa shape index (κ3) is 2.91. The van der Waals surface area contributed by atoms with Crippen LogP contribution in [0.25, 0.3) is 0 Å². The second-order valence-corrected chi connectivity index (χ2v) is 5.22. The number of rotatable bonds is 2. The van der Waals surface area contributed by atoms with Crippen LogP contribution in [0.4, 0.5) is 5.69 Å². The summed E-state index contributed by atoms with van der Waals surface area (Å²) >= 11 is 2.23. The van der Waals surface area contributed by atoms with E-state index in [2.05, 4.69) is 35.6 Å². The van der Waals surface area contributed by atoms with E-state index in [1.807, 2.05) is 37.3 Å². The quantitative estimate of drug-likeness (QED) is 0.655. The van der Waals surface area contributed by atoms with Crippen LogP contribution in [0, 0.1) is 17.4 Å². The number of hydrogen-bond donors (Lipinski definition) is 1. The topological polar surface area (TPSA) is 35.2 Å². The Morgan fingerprint density at radius 3 is 2.35 bits per heavy atom. The second kappa shape index (κ2) is 4.96. The van der Waals surface area contributed by atoms with Gasteiger partial charge in [-0.2, -0.15) is 0 Å². The largest absolute Gasteiger partial charge is 0.456 e. The Hall–Kier alpha value is -1.23. The molecule has 2 aromatic carbocycles. The Morgan fingerprint density at radius 2 is 1.71 bits per heavy atom. The maximum absolute atomic E-state index is 5.89. The van der Waals surface area contributed by atoms with Gasteiger partial charge in [0.1, 0.15) is 11.5 Å². The van der Waals surface area contributed by atoms with E-state index in [4.69, 9.17) is 10.5 Å². The van der Waals surface area contributed by atoms with Gasteiger partial charge in [-0.05, 0) is 66.3 Å². The fourth-order valence-electron chi connectivity index (χ4n) is 1.63. The molecule has 0 radical (unpaired) electrons. The first-order chi connectivity index (χ1) is 8.06. The lowest BCUT2D eigenvalue weighted by atomic mass is 10.1. The van der Waals surface area contributed by atoms with Crippen molar-refractivity contribution >= 4 is 28.3 Å². The molecule has 0 aliphatic heterocycles. The highest BCUT2D eigenvalue weighted by atomic mass is 127. The number of ether oxygens (including phenoxy) is 1. The molecule has 0 saturated carbocycles. The molecule has 0 spiro atoms. The van der Waals surface area contributed by atoms with E-state index in [0.717, 1.165) is 26.3 Å². The summed E-state index contributed by atoms with van der Waals surface area (Å²) < 4.78 is 6.90. The molecule has 88 valence electrons. The van der Waals surface area contributed by atoms with Crippen LogP contribution in [0.1, 0.15) is 11.1 Å². The normalized spacial score (nSPS) is 10.3. The highest BCUT2D eigenvalue weighted by molar-refractivity contribution is 14.1. The predicted octanol–water partition coefficient (Wildman–Crippen LogP) is 4.28. The van der Waals surface area contributed by atoms with Crippen molar-refractivity contribution in [2.45, 2.75) is 13.8 Å². The van der Waals surface area contributed by atoms with Crippen LogP contribution >= 0.6 is 22.6 Å². The minimum atomic E-state index is 0.752. The van der Waals surface area contributed by atoms with Gasteiger partial charge >= 0.3 is 0 Å². The Balaban J connectivity index is 2.31. The average molecular weight is 339 g/mol. The maximum atomic E-state index is 5.89. The predicted molar refractivity (Wildman–Crippen MR) is 79.6 cm³/mol. The van der Waals surface area contributed by atoms with Crippen molar-refractivity contribution in [1.82, 2.24) is 0 Å². The number of hydrogen-bond acceptors (Lipinski definition) is 2. The van der Waals surface area contributed by atoms with E-state index in [-0.39, 0.29) is 0 Å². The first kappa shape index (κ1) is 12.2. The molecule has 0 fully saturated rings. The average Bonchev–Trinajstić information content (AvgIpc) is 2.25. The Kier molecular flexibility index (Phi) is 3.57. The third-order valence-electron chi connectivity index (χ3n) is 2.51. The molecule has 2 N–H and O–H groups in total. The minimum Gasteiger partial charge on any atom is -0.456 e. The summed E-state index contributed by atoms with van der Waals surface area (Å²) in [6, 6.07) is 11.8. The van der Waals surface area contributed by atoms with Crippen LogP contribution in [0.5, 0.6) is 11.5 Å². The smallest absolute Gasteiger partial charge is 0.140 e. The fourth-order valence-corrected chi connectivity index (χ4v) is 2.28. The van der Waals surface area contributed by atoms with Crippen LogP contribution in [-0.2, 0) is 0 Å². The SMILES string of the molecule is Cc1ccc(Oc2ccc(N)cc2I)c(C)c1. The summed E-state index contributed by atoms with van der Waals surface area (Å²) in [6.45, 7) is 4.12. The molecule has 0 aliphatic carbocycles. The molecule has 0 unspecified atom stereocenters. The van der Waals surface area contributed by atoms with E-state index in [9.17, 15) is 0 Å². The lowest BCUT2D eigenvalue weighted by Crippen LogP contribution is -1.92. The standard InChI is InChI=1S/C14H14INO/c1-9-3-5-13(10(2)7-9)17-14-6-4-11(16)8-12(14)15/h3-8H,16H2,1-2H3. The van der Waals surface area contributed by atoms with E-state index in [0.29, 0.717) is 0 Å². The van der Waals surface area contributed by atoms with Crippen molar-refractivity contribution in [3.8, 4) is 11.5 Å². The summed E-state index contributed by atoms with van der Waals surface area (Å²) in [5.74, 6) is 1.73. The molecule has 0 amide bonds. The zero-order valence-corrected chi connectivity index (χ0v) is 12.0. The highest BCUT2D eigenvalue weighted by Crippen LogP contribution is 2.30. The van der Waals surface area contributed by atoms with Gasteiger partial charge in [-0.1, -0.05) is 17.7 Å². The van der Waals surface area contributed by atoms with E-state index >= 15 is 0 Å². The Morgan fingerprint density at radius 1 is 1.00 bits per heavy atom. The highest BCUT2D eigenvalue weighted by Gasteiger charge is 2.05. The fraction of sp³-hybridized carbons (Fsp3) is 0.143. The first-order valence-corrected chi connectivity index (χ1v) is 6.44. The van der Waals surface area contributed by atoms with Crippen molar-refractivity contribution in [1.29, 1.82) is 0 Å². The molecule has 0 atom stereocenters. The lowest BCUT2D eigenvalue weighted by molar-refractivity contribution is 0.475. The van der Waals surface area contributed by atoms with Crippen molar-refractivity contribution < 1.29 is 4.74 Å². The number of nitrogens with two attached hydrogens (primary N) is 1. The van der Waals surface area contributed by atoms with Crippen LogP contribution < -0.4 is 10.5 Å². The zero-order chi connectivity index (χ0) is 12.4. The van der Waals surface area contributed by atoms with Crippen LogP contribution in [0.15, 0.2) is 36.4 Å². The van der Waals surface area contributed by atoms with Gasteiger partial charge in [-0.3, -0.25) is 0 Å². The van der Waals surface area contributed by atoms with Gasteiger partial charge in [0.25, 0.3) is 0 Å². The van der Waals surface area contributed by atoms with E-state index in [1.165, 1.54) is 5.56 Å². The van der Waals surface area contributed by atoms with E-state index in [1.54, 1.807) is 0 Å². The molecule has 3 heteroatoms. The molecular formula is C14H14INO. The Bertz CT molecular complexity index is 502. The summed E-state index contributed by atoms with van der Waals surface area (Å²) in [5, 5.41) is 0. The van der Waals surface area contributed by atoms with Crippen LogP contribution in [-0.4, -0.2) is 0 Å². The third-order valence-corrected chi connectivity index (χ3v) is 3.35. The molecular weight excluding hydrogens is 325 g/mol. The lowest BCUT2D eigenvalue weighted by Gasteiger charge is -2.11. The molecule has 0 aliphatic rings. The monoisotopic (exact) mass is 339 g/mol. The molecule has 0 heterocycles. The number of nitrogen functional groups attached to an aromatic ring is 1. The van der Waals surface area contributed by atoms with Gasteiger partial charge in [0.2, 0.25) is 0 Å². The number of benzene rings is 2. The van der Waals surface area contributed by atoms with Crippen molar-refractivity contribution in [2.75, 3.05) is 5.73 Å². The van der Waals surface area contributed by atoms with Gasteiger partial charge in [0.15, 0.2) is 0 Å². The summed E-state index contributed by atoms with van der Waals surface area (Å²) in [7, 11) is 0. The van der Waals surface area contributed by atoms with E-state index < -0.39 is 0 Å². The molecule has 0 bridgehead atoms. The number of anilines is 1. The summed E-state index contributed by atoms with van der Waals surface area (Å²) in [6.07, 6.45) is 0. The van der Waals surface area contributed by atoms with Gasteiger partial charge in [-0.25, -0.2) is 0 Å².